The molecule has 2 aromatic carbocycles. The predicted octanol–water partition coefficient (Wildman–Crippen LogP) is 4.45. The summed E-state index contributed by atoms with van der Waals surface area (Å²) in [7, 11) is 0. The van der Waals surface area contributed by atoms with Crippen LogP contribution in [0.25, 0.3) is 5.69 Å². The summed E-state index contributed by atoms with van der Waals surface area (Å²) in [6.07, 6.45) is -4.79. The molecular weight excluding hydrogens is 441 g/mol. The van der Waals surface area contributed by atoms with Crippen molar-refractivity contribution < 1.29 is 31.7 Å². The number of nitro benzene ring substituents is 1. The van der Waals surface area contributed by atoms with Gasteiger partial charge in [-0.2, -0.15) is 18.3 Å². The van der Waals surface area contributed by atoms with Gasteiger partial charge in [-0.3, -0.25) is 25.8 Å². The van der Waals surface area contributed by atoms with E-state index in [0.717, 1.165) is 22.9 Å². The number of benzene rings is 2. The molecule has 32 heavy (non-hydrogen) atoms. The molecule has 168 valence electrons. The maximum atomic E-state index is 14.1. The van der Waals surface area contributed by atoms with Crippen LogP contribution < -0.4 is 10.9 Å². The first kappa shape index (κ1) is 22.7. The second kappa shape index (κ2) is 8.24. The molecule has 0 aliphatic heterocycles. The number of aromatic nitrogens is 2. The van der Waals surface area contributed by atoms with Crippen LogP contribution in [0.2, 0.25) is 0 Å². The molecule has 2 N–H and O–H groups in total. The van der Waals surface area contributed by atoms with Gasteiger partial charge in [0, 0.05) is 12.1 Å². The Morgan fingerprint density at radius 3 is 2.41 bits per heavy atom. The van der Waals surface area contributed by atoms with E-state index in [1.807, 2.05) is 0 Å². The molecule has 1 amide bonds. The molecule has 0 aliphatic carbocycles. The molecule has 0 fully saturated rings. The third-order valence-corrected chi connectivity index (χ3v) is 4.49. The summed E-state index contributed by atoms with van der Waals surface area (Å²) in [4.78, 5) is 22.7. The van der Waals surface area contributed by atoms with Gasteiger partial charge in [-0.1, -0.05) is 0 Å². The van der Waals surface area contributed by atoms with Gasteiger partial charge in [0.2, 0.25) is 0 Å². The largest absolute Gasteiger partial charge is 0.416 e. The zero-order valence-corrected chi connectivity index (χ0v) is 16.4. The van der Waals surface area contributed by atoms with Crippen LogP contribution >= 0.6 is 0 Å². The normalized spacial score (nSPS) is 11.3. The first-order valence-electron chi connectivity index (χ1n) is 8.83. The molecule has 0 radical (unpaired) electrons. The Bertz CT molecular complexity index is 1220. The number of carbonyl (C=O) groups is 1. The van der Waals surface area contributed by atoms with Gasteiger partial charge < -0.3 is 0 Å². The molecule has 1 heterocycles. The number of carbonyl (C=O) groups excluding carboxylic acids is 1. The first-order chi connectivity index (χ1) is 14.9. The third-order valence-electron chi connectivity index (χ3n) is 4.49. The second-order valence-electron chi connectivity index (χ2n) is 6.62. The van der Waals surface area contributed by atoms with Crippen LogP contribution in [0.4, 0.5) is 33.3 Å². The summed E-state index contributed by atoms with van der Waals surface area (Å²) in [5.41, 5.74) is 2.07. The lowest BCUT2D eigenvalue weighted by Gasteiger charge is -2.12. The van der Waals surface area contributed by atoms with E-state index in [4.69, 9.17) is 0 Å². The summed E-state index contributed by atoms with van der Waals surface area (Å²) >= 11 is 0. The molecule has 0 spiro atoms. The molecule has 13 heteroatoms. The molecule has 3 aromatic rings. The Balaban J connectivity index is 1.88. The van der Waals surface area contributed by atoms with Crippen LogP contribution in [0.15, 0.2) is 36.4 Å². The first-order valence-corrected chi connectivity index (χ1v) is 8.83. The van der Waals surface area contributed by atoms with Crippen molar-refractivity contribution in [1.29, 1.82) is 0 Å². The van der Waals surface area contributed by atoms with Crippen molar-refractivity contribution in [2.75, 3.05) is 5.43 Å². The Morgan fingerprint density at radius 1 is 1.12 bits per heavy atom. The number of hydrogen-bond donors (Lipinski definition) is 2. The van der Waals surface area contributed by atoms with E-state index in [2.05, 4.69) is 16.0 Å². The third kappa shape index (κ3) is 4.36. The van der Waals surface area contributed by atoms with E-state index in [0.29, 0.717) is 18.2 Å². The summed E-state index contributed by atoms with van der Waals surface area (Å²) < 4.78 is 66.8. The number of halogens is 5. The van der Waals surface area contributed by atoms with Crippen LogP contribution in [-0.4, -0.2) is 20.6 Å². The van der Waals surface area contributed by atoms with Crippen molar-refractivity contribution >= 4 is 17.3 Å². The standard InChI is InChI=1S/C19H14F5N5O3/c1-9-17(10(2)28(27-9)15-6-4-12(20)8-13(15)21)18(30)26-25-14-5-3-11(19(22,23)24)7-16(14)29(31)32/h3-8,25H,1-2H3,(H,26,30). The average molecular weight is 455 g/mol. The van der Waals surface area contributed by atoms with Gasteiger partial charge in [0.25, 0.3) is 11.6 Å². The van der Waals surface area contributed by atoms with Crippen LogP contribution in [0.3, 0.4) is 0 Å². The fourth-order valence-electron chi connectivity index (χ4n) is 3.01. The Morgan fingerprint density at radius 2 is 1.81 bits per heavy atom. The number of nitro groups is 1. The van der Waals surface area contributed by atoms with Gasteiger partial charge in [-0.05, 0) is 38.1 Å². The number of amides is 1. The van der Waals surface area contributed by atoms with Crippen LogP contribution in [-0.2, 0) is 6.18 Å². The van der Waals surface area contributed by atoms with Crippen molar-refractivity contribution in [3.05, 3.63) is 80.7 Å². The van der Waals surface area contributed by atoms with E-state index < -0.39 is 39.9 Å². The molecule has 0 saturated heterocycles. The number of rotatable bonds is 5. The number of aryl methyl sites for hydroxylation is 1. The van der Waals surface area contributed by atoms with E-state index in [9.17, 15) is 36.9 Å². The molecule has 0 bridgehead atoms. The van der Waals surface area contributed by atoms with Crippen molar-refractivity contribution in [3.63, 3.8) is 0 Å². The Kier molecular flexibility index (Phi) is 5.84. The molecule has 3 rings (SSSR count). The fraction of sp³-hybridized carbons (Fsp3) is 0.158. The summed E-state index contributed by atoms with van der Waals surface area (Å²) in [6, 6.07) is 4.55. The van der Waals surface area contributed by atoms with E-state index in [-0.39, 0.29) is 28.3 Å². The summed E-state index contributed by atoms with van der Waals surface area (Å²) in [6.45, 7) is 2.89. The van der Waals surface area contributed by atoms with Gasteiger partial charge >= 0.3 is 6.18 Å². The molecule has 8 nitrogen and oxygen atoms in total. The van der Waals surface area contributed by atoms with Crippen LogP contribution in [0.5, 0.6) is 0 Å². The predicted molar refractivity (Wildman–Crippen MR) is 102 cm³/mol. The molecule has 0 aliphatic rings. The minimum absolute atomic E-state index is 0.0178. The van der Waals surface area contributed by atoms with Crippen molar-refractivity contribution in [2.45, 2.75) is 20.0 Å². The molecule has 0 unspecified atom stereocenters. The van der Waals surface area contributed by atoms with Gasteiger partial charge in [0.1, 0.15) is 17.2 Å². The average Bonchev–Trinajstić information content (AvgIpc) is 2.99. The highest BCUT2D eigenvalue weighted by Gasteiger charge is 2.33. The maximum Gasteiger partial charge on any atom is 0.416 e. The van der Waals surface area contributed by atoms with E-state index in [1.165, 1.54) is 13.8 Å². The van der Waals surface area contributed by atoms with E-state index in [1.54, 1.807) is 0 Å². The summed E-state index contributed by atoms with van der Waals surface area (Å²) in [5, 5.41) is 15.2. The highest BCUT2D eigenvalue weighted by molar-refractivity contribution is 5.97. The van der Waals surface area contributed by atoms with Crippen LogP contribution in [0, 0.1) is 35.6 Å². The van der Waals surface area contributed by atoms with E-state index >= 15 is 0 Å². The fourth-order valence-corrected chi connectivity index (χ4v) is 3.01. The monoisotopic (exact) mass is 455 g/mol. The second-order valence-corrected chi connectivity index (χ2v) is 6.62. The van der Waals surface area contributed by atoms with Crippen LogP contribution in [0.1, 0.15) is 27.3 Å². The number of alkyl halides is 3. The SMILES string of the molecule is Cc1nn(-c2ccc(F)cc2F)c(C)c1C(=O)NNc1ccc(C(F)(F)F)cc1[N+](=O)[O-]. The minimum Gasteiger partial charge on any atom is -0.292 e. The Hall–Kier alpha value is -4.03. The quantitative estimate of drug-likeness (QED) is 0.336. The highest BCUT2D eigenvalue weighted by atomic mass is 19.4. The number of hydrogen-bond acceptors (Lipinski definition) is 5. The smallest absolute Gasteiger partial charge is 0.292 e. The minimum atomic E-state index is -4.79. The Labute approximate surface area is 176 Å². The van der Waals surface area contributed by atoms with Crippen molar-refractivity contribution in [2.24, 2.45) is 0 Å². The lowest BCUT2D eigenvalue weighted by atomic mass is 10.1. The van der Waals surface area contributed by atoms with Gasteiger partial charge in [0.05, 0.1) is 27.4 Å². The molecule has 1 aromatic heterocycles. The van der Waals surface area contributed by atoms with Gasteiger partial charge in [0.15, 0.2) is 5.82 Å². The summed E-state index contributed by atoms with van der Waals surface area (Å²) in [5.74, 6) is -2.54. The van der Waals surface area contributed by atoms with Gasteiger partial charge in [-0.25, -0.2) is 13.5 Å². The maximum absolute atomic E-state index is 14.1. The van der Waals surface area contributed by atoms with Gasteiger partial charge in [-0.15, -0.1) is 0 Å². The number of nitrogens with zero attached hydrogens (tertiary/aromatic N) is 3. The molecule has 0 atom stereocenters. The van der Waals surface area contributed by atoms with Crippen molar-refractivity contribution in [1.82, 2.24) is 15.2 Å². The van der Waals surface area contributed by atoms with Crippen molar-refractivity contribution in [3.8, 4) is 5.69 Å². The highest BCUT2D eigenvalue weighted by Crippen LogP contribution is 2.34. The number of hydrazine groups is 1. The number of anilines is 1. The zero-order chi connectivity index (χ0) is 23.8. The lowest BCUT2D eigenvalue weighted by molar-refractivity contribution is -0.384. The zero-order valence-electron chi connectivity index (χ0n) is 16.4. The number of nitrogens with one attached hydrogen (secondary N) is 2. The topological polar surface area (TPSA) is 102 Å². The molecule has 0 saturated carbocycles. The molecular formula is C19H14F5N5O3. The lowest BCUT2D eigenvalue weighted by Crippen LogP contribution is -2.30.